The van der Waals surface area contributed by atoms with Crippen LogP contribution in [0.3, 0.4) is 0 Å². The summed E-state index contributed by atoms with van der Waals surface area (Å²) in [5.41, 5.74) is 1.74. The molecule has 0 radical (unpaired) electrons. The number of likely N-dealkylation sites (N-methyl/N-ethyl adjacent to an activating group) is 1. The topological polar surface area (TPSA) is 61.4 Å². The van der Waals surface area contributed by atoms with Gasteiger partial charge in [0.05, 0.1) is 0 Å². The van der Waals surface area contributed by atoms with Crippen molar-refractivity contribution in [1.82, 2.24) is 15.5 Å². The lowest BCUT2D eigenvalue weighted by Crippen LogP contribution is -2.32. The third-order valence-corrected chi connectivity index (χ3v) is 3.19. The lowest BCUT2D eigenvalue weighted by Gasteiger charge is -2.18. The molecule has 0 spiro atoms. The van der Waals surface area contributed by atoms with E-state index in [1.165, 1.54) is 0 Å². The van der Waals surface area contributed by atoms with Crippen LogP contribution in [-0.2, 0) is 11.2 Å². The summed E-state index contributed by atoms with van der Waals surface area (Å²) in [5.74, 6) is -0.103. The fraction of sp³-hybridized carbons (Fsp3) is 0.467. The fourth-order valence-electron chi connectivity index (χ4n) is 1.91. The van der Waals surface area contributed by atoms with E-state index in [2.05, 4.69) is 10.6 Å². The zero-order chi connectivity index (χ0) is 15.0. The first-order valence-corrected chi connectivity index (χ1v) is 6.78. The van der Waals surface area contributed by atoms with E-state index in [0.29, 0.717) is 18.5 Å². The number of nitrogens with one attached hydrogen (secondary N) is 2. The highest BCUT2D eigenvalue weighted by molar-refractivity contribution is 5.95. The monoisotopic (exact) mass is 277 g/mol. The molecule has 1 aromatic carbocycles. The highest BCUT2D eigenvalue weighted by Crippen LogP contribution is 2.12. The first kappa shape index (κ1) is 16.2. The summed E-state index contributed by atoms with van der Waals surface area (Å²) in [4.78, 5) is 25.2. The summed E-state index contributed by atoms with van der Waals surface area (Å²) < 4.78 is 0. The maximum atomic E-state index is 12.4. The van der Waals surface area contributed by atoms with Gasteiger partial charge in [0.15, 0.2) is 0 Å². The van der Waals surface area contributed by atoms with Crippen molar-refractivity contribution in [2.75, 3.05) is 34.2 Å². The van der Waals surface area contributed by atoms with Crippen molar-refractivity contribution >= 4 is 11.8 Å². The molecule has 0 saturated heterocycles. The number of hydrogen-bond donors (Lipinski definition) is 2. The zero-order valence-corrected chi connectivity index (χ0v) is 12.4. The van der Waals surface area contributed by atoms with E-state index in [1.807, 2.05) is 31.3 Å². The molecule has 0 aliphatic rings. The minimum absolute atomic E-state index is 0.0411. The van der Waals surface area contributed by atoms with Gasteiger partial charge < -0.3 is 15.5 Å². The van der Waals surface area contributed by atoms with Crippen molar-refractivity contribution in [3.63, 3.8) is 0 Å². The van der Waals surface area contributed by atoms with Crippen molar-refractivity contribution in [2.24, 2.45) is 0 Å². The van der Waals surface area contributed by atoms with Crippen LogP contribution in [0, 0.1) is 0 Å². The predicted octanol–water partition coefficient (Wildman–Crippen LogP) is 0.657. The van der Waals surface area contributed by atoms with Crippen LogP contribution >= 0.6 is 0 Å². The van der Waals surface area contributed by atoms with Crippen molar-refractivity contribution < 1.29 is 9.59 Å². The van der Waals surface area contributed by atoms with Crippen molar-refractivity contribution in [1.29, 1.82) is 0 Å². The molecular weight excluding hydrogens is 254 g/mol. The Morgan fingerprint density at radius 1 is 1.20 bits per heavy atom. The Hall–Kier alpha value is -1.88. The second-order valence-electron chi connectivity index (χ2n) is 4.66. The molecule has 20 heavy (non-hydrogen) atoms. The van der Waals surface area contributed by atoms with Gasteiger partial charge in [-0.05, 0) is 31.6 Å². The van der Waals surface area contributed by atoms with Crippen LogP contribution in [0.5, 0.6) is 0 Å². The van der Waals surface area contributed by atoms with Gasteiger partial charge in [-0.1, -0.05) is 18.2 Å². The Kier molecular flexibility index (Phi) is 6.73. The molecular formula is C15H23N3O2. The number of carbonyl (C=O) groups excluding carboxylic acids is 2. The van der Waals surface area contributed by atoms with E-state index < -0.39 is 0 Å². The van der Waals surface area contributed by atoms with Gasteiger partial charge >= 0.3 is 0 Å². The van der Waals surface area contributed by atoms with E-state index in [4.69, 9.17) is 0 Å². The molecule has 0 fully saturated rings. The van der Waals surface area contributed by atoms with E-state index in [-0.39, 0.29) is 11.8 Å². The first-order chi connectivity index (χ1) is 9.60. The summed E-state index contributed by atoms with van der Waals surface area (Å²) in [7, 11) is 5.21. The summed E-state index contributed by atoms with van der Waals surface area (Å²) in [6, 6.07) is 7.61. The summed E-state index contributed by atoms with van der Waals surface area (Å²) >= 11 is 0. The molecule has 110 valence electrons. The smallest absolute Gasteiger partial charge is 0.253 e. The molecule has 0 unspecified atom stereocenters. The molecule has 5 nitrogen and oxygen atoms in total. The number of rotatable bonds is 7. The molecule has 1 rings (SSSR count). The van der Waals surface area contributed by atoms with Gasteiger partial charge in [-0.3, -0.25) is 9.59 Å². The SMILES string of the molecule is CNCCc1ccccc1C(=O)N(C)CCC(=O)NC. The van der Waals surface area contributed by atoms with Crippen LogP contribution < -0.4 is 10.6 Å². The number of carbonyl (C=O) groups is 2. The Balaban J connectivity index is 2.72. The van der Waals surface area contributed by atoms with Crippen LogP contribution in [0.4, 0.5) is 0 Å². The molecule has 1 aromatic rings. The van der Waals surface area contributed by atoms with Crippen molar-refractivity contribution in [3.8, 4) is 0 Å². The second-order valence-corrected chi connectivity index (χ2v) is 4.66. The molecule has 2 N–H and O–H groups in total. The average Bonchev–Trinajstić information content (AvgIpc) is 2.49. The van der Waals surface area contributed by atoms with Crippen LogP contribution in [0.1, 0.15) is 22.3 Å². The van der Waals surface area contributed by atoms with Gasteiger partial charge in [0.25, 0.3) is 5.91 Å². The normalized spacial score (nSPS) is 10.2. The van der Waals surface area contributed by atoms with Crippen LogP contribution in [0.2, 0.25) is 0 Å². The van der Waals surface area contributed by atoms with Crippen LogP contribution in [0.25, 0.3) is 0 Å². The molecule has 0 saturated carbocycles. The number of nitrogens with zero attached hydrogens (tertiary/aromatic N) is 1. The first-order valence-electron chi connectivity index (χ1n) is 6.78. The van der Waals surface area contributed by atoms with E-state index in [0.717, 1.165) is 18.5 Å². The van der Waals surface area contributed by atoms with Crippen molar-refractivity contribution in [2.45, 2.75) is 12.8 Å². The quantitative estimate of drug-likeness (QED) is 0.769. The third-order valence-electron chi connectivity index (χ3n) is 3.19. The minimum atomic E-state index is -0.0619. The lowest BCUT2D eigenvalue weighted by molar-refractivity contribution is -0.120. The van der Waals surface area contributed by atoms with Crippen molar-refractivity contribution in [3.05, 3.63) is 35.4 Å². The fourth-order valence-corrected chi connectivity index (χ4v) is 1.91. The Labute approximate surface area is 120 Å². The molecule has 0 aliphatic carbocycles. The predicted molar refractivity (Wildman–Crippen MR) is 79.7 cm³/mol. The maximum Gasteiger partial charge on any atom is 0.253 e. The molecule has 0 atom stereocenters. The molecule has 5 heteroatoms. The molecule has 0 aliphatic heterocycles. The zero-order valence-electron chi connectivity index (χ0n) is 12.4. The highest BCUT2D eigenvalue weighted by Gasteiger charge is 2.15. The summed E-state index contributed by atoms with van der Waals surface area (Å²) in [6.45, 7) is 1.24. The number of benzene rings is 1. The molecule has 0 bridgehead atoms. The van der Waals surface area contributed by atoms with Gasteiger partial charge in [-0.25, -0.2) is 0 Å². The van der Waals surface area contributed by atoms with Gasteiger partial charge in [-0.2, -0.15) is 0 Å². The van der Waals surface area contributed by atoms with Crippen LogP contribution in [-0.4, -0.2) is 50.9 Å². The van der Waals surface area contributed by atoms with Gasteiger partial charge in [-0.15, -0.1) is 0 Å². The lowest BCUT2D eigenvalue weighted by atomic mass is 10.0. The number of amides is 2. The minimum Gasteiger partial charge on any atom is -0.359 e. The van der Waals surface area contributed by atoms with Crippen LogP contribution in [0.15, 0.2) is 24.3 Å². The highest BCUT2D eigenvalue weighted by atomic mass is 16.2. The second kappa shape index (κ2) is 8.32. The Morgan fingerprint density at radius 2 is 1.90 bits per heavy atom. The third kappa shape index (κ3) is 4.66. The largest absolute Gasteiger partial charge is 0.359 e. The average molecular weight is 277 g/mol. The molecule has 2 amide bonds. The standard InChI is InChI=1S/C15H23N3O2/c1-16-10-8-12-6-4-5-7-13(12)15(20)18(3)11-9-14(19)17-2/h4-7,16H,8-11H2,1-3H3,(H,17,19). The van der Waals surface area contributed by atoms with E-state index in [9.17, 15) is 9.59 Å². The number of hydrogen-bond acceptors (Lipinski definition) is 3. The Bertz CT molecular complexity index is 460. The Morgan fingerprint density at radius 3 is 2.55 bits per heavy atom. The summed E-state index contributed by atoms with van der Waals surface area (Å²) in [5, 5.41) is 5.63. The van der Waals surface area contributed by atoms with E-state index in [1.54, 1.807) is 19.0 Å². The maximum absolute atomic E-state index is 12.4. The van der Waals surface area contributed by atoms with Gasteiger partial charge in [0.1, 0.15) is 0 Å². The summed E-state index contributed by atoms with van der Waals surface area (Å²) in [6.07, 6.45) is 1.12. The van der Waals surface area contributed by atoms with Gasteiger partial charge in [0.2, 0.25) is 5.91 Å². The molecule has 0 heterocycles. The van der Waals surface area contributed by atoms with Gasteiger partial charge in [0, 0.05) is 32.6 Å². The van der Waals surface area contributed by atoms with E-state index >= 15 is 0 Å². The molecule has 0 aromatic heterocycles.